The fraction of sp³-hybridized carbons (Fsp3) is 0.364. The minimum Gasteiger partial charge on any atom is -0.274 e. The minimum absolute atomic E-state index is 0.00356. The highest BCUT2D eigenvalue weighted by Gasteiger charge is 2.28. The molecule has 1 aromatic carbocycles. The van der Waals surface area contributed by atoms with Crippen molar-refractivity contribution in [1.82, 2.24) is 4.31 Å². The molecule has 0 aromatic heterocycles. The van der Waals surface area contributed by atoms with E-state index in [1.54, 1.807) is 0 Å². The van der Waals surface area contributed by atoms with Gasteiger partial charge in [-0.05, 0) is 17.5 Å². The van der Waals surface area contributed by atoms with Gasteiger partial charge in [0.05, 0.1) is 12.3 Å². The van der Waals surface area contributed by atoms with Crippen LogP contribution in [0.25, 0.3) is 0 Å². The quantitative estimate of drug-likeness (QED) is 0.676. The SMILES string of the molecule is CC(=O)N1Cc2ccccc2CCS1(=O)=O. The molecule has 0 spiro atoms. The zero-order valence-electron chi connectivity index (χ0n) is 9.01. The van der Waals surface area contributed by atoms with Crippen LogP contribution in [0, 0.1) is 0 Å². The summed E-state index contributed by atoms with van der Waals surface area (Å²) in [4.78, 5) is 11.3. The molecule has 0 saturated heterocycles. The van der Waals surface area contributed by atoms with Gasteiger partial charge in [0.15, 0.2) is 0 Å². The van der Waals surface area contributed by atoms with Crippen LogP contribution in [0.5, 0.6) is 0 Å². The predicted octanol–water partition coefficient (Wildman–Crippen LogP) is 0.921. The molecule has 0 atom stereocenters. The monoisotopic (exact) mass is 239 g/mol. The molecule has 0 saturated carbocycles. The Hall–Kier alpha value is -1.36. The van der Waals surface area contributed by atoms with Crippen molar-refractivity contribution in [2.24, 2.45) is 0 Å². The van der Waals surface area contributed by atoms with Gasteiger partial charge in [0.2, 0.25) is 15.9 Å². The Morgan fingerprint density at radius 2 is 1.88 bits per heavy atom. The van der Waals surface area contributed by atoms with Crippen molar-refractivity contribution in [1.29, 1.82) is 0 Å². The molecule has 0 unspecified atom stereocenters. The van der Waals surface area contributed by atoms with Crippen molar-refractivity contribution in [3.05, 3.63) is 35.4 Å². The lowest BCUT2D eigenvalue weighted by atomic mass is 10.1. The van der Waals surface area contributed by atoms with Crippen molar-refractivity contribution in [3.8, 4) is 0 Å². The lowest BCUT2D eigenvalue weighted by Gasteiger charge is -2.18. The van der Waals surface area contributed by atoms with Crippen molar-refractivity contribution >= 4 is 15.9 Å². The van der Waals surface area contributed by atoms with Crippen molar-refractivity contribution in [2.45, 2.75) is 19.9 Å². The molecule has 0 aliphatic carbocycles. The third kappa shape index (κ3) is 1.95. The summed E-state index contributed by atoms with van der Waals surface area (Å²) in [6, 6.07) is 7.52. The molecule has 1 heterocycles. The number of hydrogen-bond donors (Lipinski definition) is 0. The van der Waals surface area contributed by atoms with Crippen LogP contribution < -0.4 is 0 Å². The molecule has 1 aromatic rings. The van der Waals surface area contributed by atoms with Gasteiger partial charge in [-0.15, -0.1) is 0 Å². The number of hydrogen-bond acceptors (Lipinski definition) is 3. The van der Waals surface area contributed by atoms with Crippen LogP contribution >= 0.6 is 0 Å². The minimum atomic E-state index is -3.44. The smallest absolute Gasteiger partial charge is 0.237 e. The van der Waals surface area contributed by atoms with E-state index >= 15 is 0 Å². The summed E-state index contributed by atoms with van der Waals surface area (Å²) in [5.74, 6) is -0.416. The molecule has 0 N–H and O–H groups in total. The molecule has 0 radical (unpaired) electrons. The molecule has 0 fully saturated rings. The number of carbonyl (C=O) groups is 1. The number of carbonyl (C=O) groups excluding carboxylic acids is 1. The molecule has 4 nitrogen and oxygen atoms in total. The summed E-state index contributed by atoms with van der Waals surface area (Å²) < 4.78 is 24.6. The van der Waals surface area contributed by atoms with Gasteiger partial charge in [-0.1, -0.05) is 24.3 Å². The number of benzene rings is 1. The highest BCUT2D eigenvalue weighted by Crippen LogP contribution is 2.20. The molecule has 0 bridgehead atoms. The average Bonchev–Trinajstić information content (AvgIpc) is 2.36. The largest absolute Gasteiger partial charge is 0.274 e. The number of nitrogens with zero attached hydrogens (tertiary/aromatic N) is 1. The third-order valence-electron chi connectivity index (χ3n) is 2.75. The van der Waals surface area contributed by atoms with Crippen LogP contribution in [0.4, 0.5) is 0 Å². The maximum atomic E-state index is 11.8. The lowest BCUT2D eigenvalue weighted by Crippen LogP contribution is -2.35. The molecule has 1 aliphatic rings. The van der Waals surface area contributed by atoms with Gasteiger partial charge in [0.1, 0.15) is 0 Å². The predicted molar refractivity (Wildman–Crippen MR) is 60.2 cm³/mol. The lowest BCUT2D eigenvalue weighted by molar-refractivity contribution is -0.124. The molecular weight excluding hydrogens is 226 g/mol. The van der Waals surface area contributed by atoms with E-state index in [9.17, 15) is 13.2 Å². The molecule has 2 rings (SSSR count). The number of aryl methyl sites for hydroxylation is 1. The van der Waals surface area contributed by atoms with Crippen molar-refractivity contribution < 1.29 is 13.2 Å². The Morgan fingerprint density at radius 3 is 2.50 bits per heavy atom. The zero-order chi connectivity index (χ0) is 11.8. The van der Waals surface area contributed by atoms with E-state index in [2.05, 4.69) is 0 Å². The fourth-order valence-corrected chi connectivity index (χ4v) is 3.29. The Balaban J connectivity index is 2.46. The Morgan fingerprint density at radius 1 is 1.25 bits per heavy atom. The van der Waals surface area contributed by atoms with E-state index in [0.717, 1.165) is 15.4 Å². The van der Waals surface area contributed by atoms with Crippen LogP contribution in [-0.4, -0.2) is 24.4 Å². The topological polar surface area (TPSA) is 54.5 Å². The van der Waals surface area contributed by atoms with Crippen molar-refractivity contribution in [3.63, 3.8) is 0 Å². The van der Waals surface area contributed by atoms with Crippen LogP contribution in [0.3, 0.4) is 0 Å². The van der Waals surface area contributed by atoms with Gasteiger partial charge < -0.3 is 0 Å². The first-order valence-electron chi connectivity index (χ1n) is 5.08. The Bertz CT molecular complexity index is 522. The molecule has 1 aliphatic heterocycles. The molecule has 86 valence electrons. The zero-order valence-corrected chi connectivity index (χ0v) is 9.83. The third-order valence-corrected chi connectivity index (χ3v) is 4.53. The van der Waals surface area contributed by atoms with Gasteiger partial charge in [-0.2, -0.15) is 0 Å². The van der Waals surface area contributed by atoms with E-state index in [1.165, 1.54) is 6.92 Å². The van der Waals surface area contributed by atoms with Crippen molar-refractivity contribution in [2.75, 3.05) is 5.75 Å². The average molecular weight is 239 g/mol. The maximum Gasteiger partial charge on any atom is 0.237 e. The van der Waals surface area contributed by atoms with E-state index in [-0.39, 0.29) is 12.3 Å². The maximum absolute atomic E-state index is 11.8. The molecule has 5 heteroatoms. The van der Waals surface area contributed by atoms with Crippen LogP contribution in [-0.2, 0) is 27.8 Å². The first-order valence-corrected chi connectivity index (χ1v) is 6.69. The van der Waals surface area contributed by atoms with E-state index in [4.69, 9.17) is 0 Å². The van der Waals surface area contributed by atoms with E-state index < -0.39 is 15.9 Å². The number of amides is 1. The first kappa shape index (κ1) is 11.1. The van der Waals surface area contributed by atoms with Gasteiger partial charge in [0.25, 0.3) is 0 Å². The first-order chi connectivity index (χ1) is 7.50. The number of fused-ring (bicyclic) bond motifs is 1. The normalized spacial score (nSPS) is 18.7. The summed E-state index contributed by atoms with van der Waals surface area (Å²) in [5.41, 5.74) is 1.92. The number of rotatable bonds is 0. The summed E-state index contributed by atoms with van der Waals surface area (Å²) in [6.07, 6.45) is 0.474. The standard InChI is InChI=1S/C11H13NO3S/c1-9(13)12-8-11-5-3-2-4-10(11)6-7-16(12,14)15/h2-5H,6-8H2,1H3. The second-order valence-electron chi connectivity index (χ2n) is 3.86. The van der Waals surface area contributed by atoms with Gasteiger partial charge in [0, 0.05) is 6.92 Å². The summed E-state index contributed by atoms with van der Waals surface area (Å²) in [6.45, 7) is 1.44. The summed E-state index contributed by atoms with van der Waals surface area (Å²) >= 11 is 0. The highest BCUT2D eigenvalue weighted by molar-refractivity contribution is 7.89. The van der Waals surface area contributed by atoms with Crippen LogP contribution in [0.1, 0.15) is 18.1 Å². The Labute approximate surface area is 94.9 Å². The Kier molecular flexibility index (Phi) is 2.71. The van der Waals surface area contributed by atoms with E-state index in [0.29, 0.717) is 6.42 Å². The van der Waals surface area contributed by atoms with E-state index in [1.807, 2.05) is 24.3 Å². The number of sulfonamides is 1. The fourth-order valence-electron chi connectivity index (χ4n) is 1.87. The van der Waals surface area contributed by atoms with Gasteiger partial charge in [-0.25, -0.2) is 12.7 Å². The summed E-state index contributed by atoms with van der Waals surface area (Å²) in [7, 11) is -3.44. The van der Waals surface area contributed by atoms with Gasteiger partial charge in [-0.3, -0.25) is 4.79 Å². The highest BCUT2D eigenvalue weighted by atomic mass is 32.2. The molecule has 1 amide bonds. The van der Waals surface area contributed by atoms with Crippen LogP contribution in [0.2, 0.25) is 0 Å². The molecular formula is C11H13NO3S. The molecule has 16 heavy (non-hydrogen) atoms. The second-order valence-corrected chi connectivity index (χ2v) is 5.87. The second kappa shape index (κ2) is 3.90. The summed E-state index contributed by atoms with van der Waals surface area (Å²) in [5, 5.41) is 0. The van der Waals surface area contributed by atoms with Gasteiger partial charge >= 0.3 is 0 Å². The van der Waals surface area contributed by atoms with Crippen LogP contribution in [0.15, 0.2) is 24.3 Å².